The number of aliphatic carboxylic acids is 1. The van der Waals surface area contributed by atoms with Gasteiger partial charge in [-0.05, 0) is 51.4 Å². The molecule has 0 aromatic rings. The molecule has 0 aromatic heterocycles. The van der Waals surface area contributed by atoms with Gasteiger partial charge in [0.2, 0.25) is 0 Å². The molecule has 24 heavy (non-hydrogen) atoms. The average Bonchev–Trinajstić information content (AvgIpc) is 2.56. The minimum Gasteiger partial charge on any atom is -0.481 e. The second-order valence-corrected chi connectivity index (χ2v) is 5.70. The molecule has 2 heteroatoms. The van der Waals surface area contributed by atoms with E-state index in [0.717, 1.165) is 57.8 Å². The third-order valence-corrected chi connectivity index (χ3v) is 3.42. The van der Waals surface area contributed by atoms with Crippen LogP contribution in [0.1, 0.15) is 71.1 Å². The van der Waals surface area contributed by atoms with Gasteiger partial charge in [0.1, 0.15) is 0 Å². The maximum Gasteiger partial charge on any atom is 0.303 e. The van der Waals surface area contributed by atoms with Crippen molar-refractivity contribution in [3.05, 3.63) is 60.8 Å². The molecule has 0 aromatic carbocycles. The Bertz CT molecular complexity index is 425. The molecular formula is C22H34O2. The molecular weight excluding hydrogens is 296 g/mol. The zero-order valence-corrected chi connectivity index (χ0v) is 15.2. The molecule has 0 fully saturated rings. The van der Waals surface area contributed by atoms with Crippen LogP contribution < -0.4 is 0 Å². The summed E-state index contributed by atoms with van der Waals surface area (Å²) in [6, 6.07) is 0. The summed E-state index contributed by atoms with van der Waals surface area (Å²) in [6.07, 6.45) is 31.3. The Hall–Kier alpha value is -1.83. The number of rotatable bonds is 15. The molecule has 134 valence electrons. The molecule has 0 bridgehead atoms. The van der Waals surface area contributed by atoms with Gasteiger partial charge in [-0.2, -0.15) is 0 Å². The van der Waals surface area contributed by atoms with Crippen molar-refractivity contribution in [1.82, 2.24) is 0 Å². The molecule has 0 radical (unpaired) electrons. The Morgan fingerprint density at radius 3 is 1.58 bits per heavy atom. The van der Waals surface area contributed by atoms with Crippen LogP contribution in [0.25, 0.3) is 0 Å². The Morgan fingerprint density at radius 1 is 0.667 bits per heavy atom. The zero-order chi connectivity index (χ0) is 17.7. The topological polar surface area (TPSA) is 37.3 Å². The van der Waals surface area contributed by atoms with E-state index in [9.17, 15) is 4.79 Å². The van der Waals surface area contributed by atoms with Crippen molar-refractivity contribution >= 4 is 5.97 Å². The lowest BCUT2D eigenvalue weighted by Crippen LogP contribution is -1.93. The molecule has 0 saturated heterocycles. The highest BCUT2D eigenvalue weighted by molar-refractivity contribution is 5.66. The number of hydrogen-bond donors (Lipinski definition) is 1. The van der Waals surface area contributed by atoms with Crippen LogP contribution in [-0.2, 0) is 4.79 Å². The van der Waals surface area contributed by atoms with Crippen molar-refractivity contribution in [3.8, 4) is 0 Å². The van der Waals surface area contributed by atoms with E-state index in [4.69, 9.17) is 5.11 Å². The highest BCUT2D eigenvalue weighted by atomic mass is 16.4. The number of allylic oxidation sites excluding steroid dienone is 10. The van der Waals surface area contributed by atoms with E-state index in [1.165, 1.54) is 0 Å². The summed E-state index contributed by atoms with van der Waals surface area (Å²) in [5, 5.41) is 8.52. The van der Waals surface area contributed by atoms with E-state index in [0.29, 0.717) is 6.42 Å². The van der Waals surface area contributed by atoms with Crippen molar-refractivity contribution in [2.24, 2.45) is 0 Å². The molecule has 0 rings (SSSR count). The van der Waals surface area contributed by atoms with E-state index in [2.05, 4.69) is 67.7 Å². The minimum atomic E-state index is -0.690. The fourth-order valence-corrected chi connectivity index (χ4v) is 2.08. The van der Waals surface area contributed by atoms with Crippen LogP contribution in [0.15, 0.2) is 60.8 Å². The van der Waals surface area contributed by atoms with Gasteiger partial charge in [-0.15, -0.1) is 0 Å². The third kappa shape index (κ3) is 20.2. The molecule has 0 unspecified atom stereocenters. The van der Waals surface area contributed by atoms with Crippen molar-refractivity contribution in [3.63, 3.8) is 0 Å². The van der Waals surface area contributed by atoms with Crippen LogP contribution in [0.3, 0.4) is 0 Å². The second-order valence-electron chi connectivity index (χ2n) is 5.70. The zero-order valence-electron chi connectivity index (χ0n) is 15.2. The summed E-state index contributed by atoms with van der Waals surface area (Å²) in [6.45, 7) is 2.15. The summed E-state index contributed by atoms with van der Waals surface area (Å²) in [5.41, 5.74) is 0. The molecule has 0 heterocycles. The van der Waals surface area contributed by atoms with Gasteiger partial charge in [0.25, 0.3) is 0 Å². The first-order valence-electron chi connectivity index (χ1n) is 9.24. The van der Waals surface area contributed by atoms with E-state index in [1.807, 2.05) is 0 Å². The molecule has 0 amide bonds. The minimum absolute atomic E-state index is 0.297. The molecule has 0 atom stereocenters. The highest BCUT2D eigenvalue weighted by Gasteiger charge is 1.94. The fourth-order valence-electron chi connectivity index (χ4n) is 2.08. The number of carboxylic acids is 1. The summed E-state index contributed by atoms with van der Waals surface area (Å²) in [7, 11) is 0. The second kappa shape index (κ2) is 19.2. The maximum atomic E-state index is 10.3. The van der Waals surface area contributed by atoms with Crippen LogP contribution >= 0.6 is 0 Å². The molecule has 2 nitrogen and oxygen atoms in total. The maximum absolute atomic E-state index is 10.3. The monoisotopic (exact) mass is 330 g/mol. The lowest BCUT2D eigenvalue weighted by molar-refractivity contribution is -0.137. The fraction of sp³-hybridized carbons (Fsp3) is 0.500. The first-order valence-corrected chi connectivity index (χ1v) is 9.24. The molecule has 0 aliphatic carbocycles. The normalized spacial score (nSPS) is 12.7. The van der Waals surface area contributed by atoms with Gasteiger partial charge >= 0.3 is 5.97 Å². The Labute approximate surface area is 148 Å². The SMILES string of the molecule is CC/C=C/C/C=C/C/C=C/C/C=C\C/C=C/CCCCCC(=O)O. The summed E-state index contributed by atoms with van der Waals surface area (Å²) >= 11 is 0. The molecule has 0 aliphatic heterocycles. The predicted molar refractivity (Wildman–Crippen MR) is 105 cm³/mol. The van der Waals surface area contributed by atoms with Crippen LogP contribution in [0, 0.1) is 0 Å². The standard InChI is InChI=1S/C22H34O2/c1-2-3-4-5-6-7-8-9-10-11-12-13-14-15-16-17-18-19-20-21-22(23)24/h3-4,6-7,9-10,12-13,15-16H,2,5,8,11,14,17-21H2,1H3,(H,23,24)/b4-3+,7-6+,10-9+,13-12-,16-15+. The smallest absolute Gasteiger partial charge is 0.303 e. The highest BCUT2D eigenvalue weighted by Crippen LogP contribution is 2.04. The van der Waals surface area contributed by atoms with Crippen LogP contribution in [0.4, 0.5) is 0 Å². The Kier molecular flexibility index (Phi) is 17.8. The van der Waals surface area contributed by atoms with Gasteiger partial charge in [-0.3, -0.25) is 4.79 Å². The van der Waals surface area contributed by atoms with E-state index in [1.54, 1.807) is 0 Å². The molecule has 0 saturated carbocycles. The van der Waals surface area contributed by atoms with Gasteiger partial charge in [0.05, 0.1) is 0 Å². The van der Waals surface area contributed by atoms with Gasteiger partial charge in [0.15, 0.2) is 0 Å². The Morgan fingerprint density at radius 2 is 1.12 bits per heavy atom. The molecule has 0 aliphatic rings. The van der Waals surface area contributed by atoms with Crippen LogP contribution in [-0.4, -0.2) is 11.1 Å². The van der Waals surface area contributed by atoms with Gasteiger partial charge in [0, 0.05) is 6.42 Å². The van der Waals surface area contributed by atoms with Crippen molar-refractivity contribution in [2.75, 3.05) is 0 Å². The summed E-state index contributed by atoms with van der Waals surface area (Å²) in [4.78, 5) is 10.3. The van der Waals surface area contributed by atoms with E-state index < -0.39 is 5.97 Å². The van der Waals surface area contributed by atoms with Crippen molar-refractivity contribution in [1.29, 1.82) is 0 Å². The van der Waals surface area contributed by atoms with Gasteiger partial charge < -0.3 is 5.11 Å². The first kappa shape index (κ1) is 22.2. The first-order chi connectivity index (χ1) is 11.8. The number of carboxylic acid groups (broad SMARTS) is 1. The lowest BCUT2D eigenvalue weighted by Gasteiger charge is -1.94. The largest absolute Gasteiger partial charge is 0.481 e. The quantitative estimate of drug-likeness (QED) is 0.265. The molecule has 0 spiro atoms. The third-order valence-electron chi connectivity index (χ3n) is 3.42. The number of hydrogen-bond acceptors (Lipinski definition) is 1. The van der Waals surface area contributed by atoms with E-state index in [-0.39, 0.29) is 0 Å². The lowest BCUT2D eigenvalue weighted by atomic mass is 10.1. The molecule has 1 N–H and O–H groups in total. The summed E-state index contributed by atoms with van der Waals surface area (Å²) in [5.74, 6) is -0.690. The average molecular weight is 331 g/mol. The van der Waals surface area contributed by atoms with E-state index >= 15 is 0 Å². The van der Waals surface area contributed by atoms with Gasteiger partial charge in [-0.1, -0.05) is 74.1 Å². The summed E-state index contributed by atoms with van der Waals surface area (Å²) < 4.78 is 0. The predicted octanol–water partition coefficient (Wildman–Crippen LogP) is 6.77. The number of carbonyl (C=O) groups is 1. The number of unbranched alkanes of at least 4 members (excludes halogenated alkanes) is 3. The Balaban J connectivity index is 3.42. The van der Waals surface area contributed by atoms with Crippen molar-refractivity contribution < 1.29 is 9.90 Å². The van der Waals surface area contributed by atoms with Gasteiger partial charge in [-0.25, -0.2) is 0 Å². The van der Waals surface area contributed by atoms with Crippen LogP contribution in [0.5, 0.6) is 0 Å². The van der Waals surface area contributed by atoms with Crippen LogP contribution in [0.2, 0.25) is 0 Å². The van der Waals surface area contributed by atoms with Crippen molar-refractivity contribution in [2.45, 2.75) is 71.1 Å².